The Morgan fingerprint density at radius 1 is 1.04 bits per heavy atom. The van der Waals surface area contributed by atoms with Gasteiger partial charge in [-0.25, -0.2) is 0 Å². The lowest BCUT2D eigenvalue weighted by atomic mass is 10.0. The predicted molar refractivity (Wildman–Crippen MR) is 101 cm³/mol. The fraction of sp³-hybridized carbons (Fsp3) is 0.150. The number of allylic oxidation sites excluding steroid dienone is 1. The summed E-state index contributed by atoms with van der Waals surface area (Å²) >= 11 is 1.66. The third-order valence-electron chi connectivity index (χ3n) is 3.91. The third-order valence-corrected chi connectivity index (χ3v) is 4.89. The lowest BCUT2D eigenvalue weighted by Crippen LogP contribution is -1.96. The molecule has 4 nitrogen and oxygen atoms in total. The van der Waals surface area contributed by atoms with Gasteiger partial charge in [0.05, 0.1) is 33.0 Å². The largest absolute Gasteiger partial charge is 0.493 e. The summed E-state index contributed by atoms with van der Waals surface area (Å²) in [5.74, 6) is 1.55. The molecular weight excluding hydrogens is 334 g/mol. The highest BCUT2D eigenvalue weighted by Gasteiger charge is 2.15. The zero-order valence-electron chi connectivity index (χ0n) is 14.2. The van der Waals surface area contributed by atoms with Crippen LogP contribution < -0.4 is 14.2 Å². The second-order valence-corrected chi connectivity index (χ2v) is 6.18. The minimum atomic E-state index is 0.507. The molecular formula is C20H17NO3S. The molecule has 1 heterocycles. The molecule has 0 saturated carbocycles. The first-order valence-corrected chi connectivity index (χ1v) is 8.48. The van der Waals surface area contributed by atoms with Crippen molar-refractivity contribution < 1.29 is 14.2 Å². The Hall–Kier alpha value is -2.97. The van der Waals surface area contributed by atoms with E-state index in [4.69, 9.17) is 14.2 Å². The van der Waals surface area contributed by atoms with Crippen molar-refractivity contribution in [2.45, 2.75) is 0 Å². The lowest BCUT2D eigenvalue weighted by Gasteiger charge is -2.13. The molecule has 5 heteroatoms. The van der Waals surface area contributed by atoms with Crippen molar-refractivity contribution in [2.75, 3.05) is 21.3 Å². The number of nitrogens with zero attached hydrogens (tertiary/aromatic N) is 1. The van der Waals surface area contributed by atoms with Gasteiger partial charge in [-0.3, -0.25) is 0 Å². The number of ether oxygens (including phenoxy) is 3. The highest BCUT2D eigenvalue weighted by molar-refractivity contribution is 7.17. The van der Waals surface area contributed by atoms with Gasteiger partial charge in [-0.2, -0.15) is 5.26 Å². The Bertz CT molecular complexity index is 957. The van der Waals surface area contributed by atoms with Crippen molar-refractivity contribution in [1.29, 1.82) is 5.26 Å². The van der Waals surface area contributed by atoms with Gasteiger partial charge >= 0.3 is 0 Å². The van der Waals surface area contributed by atoms with E-state index in [1.807, 2.05) is 18.2 Å². The van der Waals surface area contributed by atoms with Crippen molar-refractivity contribution >= 4 is 33.1 Å². The zero-order chi connectivity index (χ0) is 17.8. The number of thiophene rings is 1. The van der Waals surface area contributed by atoms with Crippen LogP contribution in [0.3, 0.4) is 0 Å². The highest BCUT2D eigenvalue weighted by Crippen LogP contribution is 2.40. The Labute approximate surface area is 150 Å². The number of rotatable bonds is 5. The van der Waals surface area contributed by atoms with Crippen LogP contribution >= 0.6 is 11.3 Å². The van der Waals surface area contributed by atoms with Crippen LogP contribution in [0.1, 0.15) is 11.1 Å². The molecule has 2 aromatic carbocycles. The van der Waals surface area contributed by atoms with Gasteiger partial charge in [0.15, 0.2) is 11.5 Å². The molecule has 0 N–H and O–H groups in total. The van der Waals surface area contributed by atoms with Crippen molar-refractivity contribution in [1.82, 2.24) is 0 Å². The number of hydrogen-bond acceptors (Lipinski definition) is 5. The van der Waals surface area contributed by atoms with Gasteiger partial charge in [0.25, 0.3) is 0 Å². The first-order valence-electron chi connectivity index (χ1n) is 7.60. The minimum absolute atomic E-state index is 0.507. The molecule has 1 aromatic heterocycles. The van der Waals surface area contributed by atoms with Gasteiger partial charge in [0, 0.05) is 4.70 Å². The number of nitriles is 1. The summed E-state index contributed by atoms with van der Waals surface area (Å²) in [4.78, 5) is 0. The summed E-state index contributed by atoms with van der Waals surface area (Å²) in [7, 11) is 4.67. The van der Waals surface area contributed by atoms with Gasteiger partial charge in [-0.15, -0.1) is 11.3 Å². The summed E-state index contributed by atoms with van der Waals surface area (Å²) in [5, 5.41) is 12.9. The second-order valence-electron chi connectivity index (χ2n) is 5.27. The quantitative estimate of drug-likeness (QED) is 0.608. The standard InChI is InChI=1S/C20H17NO3S/c1-22-17-9-13(10-18(23-2)20(17)24-3)14(11-21)8-15-12-25-19-7-5-4-6-16(15)19/h4-10,12H,1-3H3/b14-8+. The van der Waals surface area contributed by atoms with Crippen LogP contribution in [-0.2, 0) is 0 Å². The normalized spacial score (nSPS) is 11.2. The van der Waals surface area contributed by atoms with Crippen LogP contribution in [0, 0.1) is 11.3 Å². The molecule has 0 amide bonds. The number of benzene rings is 2. The van der Waals surface area contributed by atoms with Crippen LogP contribution in [0.2, 0.25) is 0 Å². The first kappa shape index (κ1) is 16.9. The molecule has 0 aliphatic heterocycles. The van der Waals surface area contributed by atoms with Gasteiger partial charge in [0.1, 0.15) is 0 Å². The molecule has 0 atom stereocenters. The second kappa shape index (κ2) is 7.29. The van der Waals surface area contributed by atoms with E-state index in [1.54, 1.807) is 44.8 Å². The predicted octanol–water partition coefficient (Wildman–Crippen LogP) is 4.99. The summed E-state index contributed by atoms with van der Waals surface area (Å²) in [5.41, 5.74) is 2.26. The Kier molecular flexibility index (Phi) is 4.92. The van der Waals surface area contributed by atoms with Crippen molar-refractivity contribution in [3.63, 3.8) is 0 Å². The highest BCUT2D eigenvalue weighted by atomic mass is 32.1. The van der Waals surface area contributed by atoms with E-state index in [-0.39, 0.29) is 0 Å². The van der Waals surface area contributed by atoms with Crippen LogP contribution in [0.4, 0.5) is 0 Å². The van der Waals surface area contributed by atoms with Crippen molar-refractivity contribution in [3.8, 4) is 23.3 Å². The summed E-state index contributed by atoms with van der Waals surface area (Å²) in [6, 6.07) is 14.0. The zero-order valence-corrected chi connectivity index (χ0v) is 15.0. The maximum Gasteiger partial charge on any atom is 0.203 e. The van der Waals surface area contributed by atoms with Gasteiger partial charge in [-0.1, -0.05) is 18.2 Å². The molecule has 3 rings (SSSR count). The fourth-order valence-corrected chi connectivity index (χ4v) is 3.60. The van der Waals surface area contributed by atoms with Gasteiger partial charge in [0.2, 0.25) is 5.75 Å². The Morgan fingerprint density at radius 2 is 1.72 bits per heavy atom. The minimum Gasteiger partial charge on any atom is -0.493 e. The molecule has 3 aromatic rings. The van der Waals surface area contributed by atoms with E-state index >= 15 is 0 Å². The van der Waals surface area contributed by atoms with Crippen molar-refractivity contribution in [3.05, 3.63) is 52.9 Å². The van der Waals surface area contributed by atoms with Gasteiger partial charge < -0.3 is 14.2 Å². The number of methoxy groups -OCH3 is 3. The Morgan fingerprint density at radius 3 is 2.32 bits per heavy atom. The van der Waals surface area contributed by atoms with Crippen molar-refractivity contribution in [2.24, 2.45) is 0 Å². The maximum atomic E-state index is 9.68. The Balaban J connectivity index is 2.14. The average molecular weight is 351 g/mol. The van der Waals surface area contributed by atoms with E-state index in [0.29, 0.717) is 28.4 Å². The molecule has 126 valence electrons. The van der Waals surface area contributed by atoms with Crippen LogP contribution in [-0.4, -0.2) is 21.3 Å². The molecule has 0 radical (unpaired) electrons. The molecule has 0 fully saturated rings. The van der Waals surface area contributed by atoms with Crippen LogP contribution in [0.5, 0.6) is 17.2 Å². The summed E-state index contributed by atoms with van der Waals surface area (Å²) in [6.07, 6.45) is 1.89. The smallest absolute Gasteiger partial charge is 0.203 e. The van der Waals surface area contributed by atoms with Crippen LogP contribution in [0.25, 0.3) is 21.7 Å². The molecule has 25 heavy (non-hydrogen) atoms. The fourth-order valence-electron chi connectivity index (χ4n) is 2.68. The van der Waals surface area contributed by atoms with Gasteiger partial charge in [-0.05, 0) is 46.2 Å². The topological polar surface area (TPSA) is 51.5 Å². The van der Waals surface area contributed by atoms with E-state index < -0.39 is 0 Å². The molecule has 0 bridgehead atoms. The monoisotopic (exact) mass is 351 g/mol. The number of hydrogen-bond donors (Lipinski definition) is 0. The summed E-state index contributed by atoms with van der Waals surface area (Å²) < 4.78 is 17.3. The van der Waals surface area contributed by atoms with E-state index in [1.165, 1.54) is 4.70 Å². The van der Waals surface area contributed by atoms with Crippen LogP contribution in [0.15, 0.2) is 41.8 Å². The van der Waals surface area contributed by atoms with E-state index in [9.17, 15) is 5.26 Å². The van der Waals surface area contributed by atoms with E-state index in [2.05, 4.69) is 23.6 Å². The van der Waals surface area contributed by atoms with E-state index in [0.717, 1.165) is 10.9 Å². The molecule has 0 aliphatic carbocycles. The molecule has 0 spiro atoms. The maximum absolute atomic E-state index is 9.68. The summed E-state index contributed by atoms with van der Waals surface area (Å²) in [6.45, 7) is 0. The molecule has 0 saturated heterocycles. The number of fused-ring (bicyclic) bond motifs is 1. The third kappa shape index (κ3) is 3.17. The molecule has 0 unspecified atom stereocenters. The SMILES string of the molecule is COc1cc(/C(C#N)=C/c2csc3ccccc23)cc(OC)c1OC. The molecule has 0 aliphatic rings. The lowest BCUT2D eigenvalue weighted by molar-refractivity contribution is 0.324. The average Bonchev–Trinajstić information content (AvgIpc) is 3.07. The first-order chi connectivity index (χ1) is 12.2.